The summed E-state index contributed by atoms with van der Waals surface area (Å²) in [6, 6.07) is 12.1. The van der Waals surface area contributed by atoms with Crippen LogP contribution in [0.25, 0.3) is 0 Å². The highest BCUT2D eigenvalue weighted by molar-refractivity contribution is 7.98. The first-order valence-corrected chi connectivity index (χ1v) is 8.46. The second-order valence-corrected chi connectivity index (χ2v) is 5.94. The molecular weight excluding hydrogens is 337 g/mol. The molecule has 2 aromatic carbocycles. The predicted octanol–water partition coefficient (Wildman–Crippen LogP) is 4.79. The maximum absolute atomic E-state index is 12.6. The van der Waals surface area contributed by atoms with Gasteiger partial charge in [-0.25, -0.2) is 4.79 Å². The van der Waals surface area contributed by atoms with Gasteiger partial charge in [-0.3, -0.25) is 0 Å². The smallest absolute Gasteiger partial charge is 0.338 e. The van der Waals surface area contributed by atoms with Crippen molar-refractivity contribution < 1.29 is 18.0 Å². The molecule has 24 heavy (non-hydrogen) atoms. The van der Waals surface area contributed by atoms with Crippen LogP contribution in [0.4, 0.5) is 23.7 Å². The normalized spacial score (nSPS) is 11.2. The van der Waals surface area contributed by atoms with Crippen LogP contribution in [0.15, 0.2) is 53.4 Å². The number of anilines is 1. The third-order valence-electron chi connectivity index (χ3n) is 3.30. The maximum Gasteiger partial charge on any atom is 0.416 e. The molecule has 0 fully saturated rings. The zero-order valence-corrected chi connectivity index (χ0v) is 13.8. The molecule has 7 heteroatoms. The summed E-state index contributed by atoms with van der Waals surface area (Å²) >= 11 is 1.60. The van der Waals surface area contributed by atoms with E-state index in [4.69, 9.17) is 0 Å². The zero-order chi connectivity index (χ0) is 17.6. The van der Waals surface area contributed by atoms with Crippen LogP contribution >= 0.6 is 11.8 Å². The lowest BCUT2D eigenvalue weighted by Crippen LogP contribution is -2.30. The van der Waals surface area contributed by atoms with Crippen molar-refractivity contribution in [3.63, 3.8) is 0 Å². The van der Waals surface area contributed by atoms with Crippen LogP contribution in [-0.2, 0) is 12.6 Å². The Morgan fingerprint density at radius 3 is 2.46 bits per heavy atom. The molecule has 0 aliphatic rings. The van der Waals surface area contributed by atoms with Crippen LogP contribution in [0, 0.1) is 0 Å². The number of hydrogen-bond acceptors (Lipinski definition) is 2. The Bertz CT molecular complexity index is 687. The Balaban J connectivity index is 1.82. The van der Waals surface area contributed by atoms with Crippen molar-refractivity contribution in [2.75, 3.05) is 18.1 Å². The molecule has 0 saturated carbocycles. The number of urea groups is 1. The molecule has 2 rings (SSSR count). The third kappa shape index (κ3) is 5.49. The fourth-order valence-electron chi connectivity index (χ4n) is 2.07. The monoisotopic (exact) mass is 354 g/mol. The lowest BCUT2D eigenvalue weighted by Gasteiger charge is -2.10. The Hall–Kier alpha value is -2.15. The minimum atomic E-state index is -4.36. The molecule has 3 nitrogen and oxygen atoms in total. The molecule has 0 radical (unpaired) electrons. The Kier molecular flexibility index (Phi) is 6.14. The summed E-state index contributed by atoms with van der Waals surface area (Å²) in [5.41, 5.74) is 0.497. The summed E-state index contributed by atoms with van der Waals surface area (Å²) < 4.78 is 37.9. The summed E-state index contributed by atoms with van der Waals surface area (Å²) in [6.45, 7) is 0.246. The molecule has 0 aliphatic heterocycles. The van der Waals surface area contributed by atoms with E-state index in [1.165, 1.54) is 6.07 Å². The van der Waals surface area contributed by atoms with Gasteiger partial charge in [0.25, 0.3) is 0 Å². The van der Waals surface area contributed by atoms with E-state index in [-0.39, 0.29) is 12.6 Å². The topological polar surface area (TPSA) is 41.1 Å². The van der Waals surface area contributed by atoms with Crippen LogP contribution in [-0.4, -0.2) is 18.8 Å². The Labute approximate surface area is 142 Å². The number of halogens is 3. The van der Waals surface area contributed by atoms with Crippen molar-refractivity contribution in [3.05, 3.63) is 59.7 Å². The van der Waals surface area contributed by atoms with Crippen molar-refractivity contribution in [2.24, 2.45) is 0 Å². The molecule has 2 amide bonds. The van der Waals surface area contributed by atoms with Gasteiger partial charge in [0, 0.05) is 17.1 Å². The fraction of sp³-hybridized carbons (Fsp3) is 0.235. The van der Waals surface area contributed by atoms with Gasteiger partial charge in [-0.1, -0.05) is 18.2 Å². The highest BCUT2D eigenvalue weighted by Crippen LogP contribution is 2.29. The molecule has 0 saturated heterocycles. The van der Waals surface area contributed by atoms with Gasteiger partial charge in [-0.15, -0.1) is 11.8 Å². The molecule has 0 aliphatic carbocycles. The van der Waals surface area contributed by atoms with Gasteiger partial charge in [0.05, 0.1) is 5.56 Å². The first-order valence-electron chi connectivity index (χ1n) is 7.23. The number of rotatable bonds is 5. The van der Waals surface area contributed by atoms with E-state index in [1.54, 1.807) is 30.0 Å². The molecule has 0 bridgehead atoms. The number of thioether (sulfide) groups is 1. The molecule has 0 unspecified atom stereocenters. The molecule has 2 N–H and O–H groups in total. The van der Waals surface area contributed by atoms with Gasteiger partial charge in [0.1, 0.15) is 0 Å². The lowest BCUT2D eigenvalue weighted by atomic mass is 10.1. The molecule has 128 valence electrons. The largest absolute Gasteiger partial charge is 0.416 e. The van der Waals surface area contributed by atoms with Gasteiger partial charge >= 0.3 is 12.2 Å². The van der Waals surface area contributed by atoms with Crippen molar-refractivity contribution in [2.45, 2.75) is 17.5 Å². The lowest BCUT2D eigenvalue weighted by molar-refractivity contribution is -0.137. The van der Waals surface area contributed by atoms with E-state index in [0.717, 1.165) is 17.0 Å². The molecular formula is C17H17F3N2OS. The van der Waals surface area contributed by atoms with Gasteiger partial charge in [0.2, 0.25) is 0 Å². The first kappa shape index (κ1) is 18.2. The van der Waals surface area contributed by atoms with Crippen LogP contribution in [0.1, 0.15) is 11.1 Å². The highest BCUT2D eigenvalue weighted by atomic mass is 32.2. The average molecular weight is 354 g/mol. The standard InChI is InChI=1S/C17H17F3N2OS/c1-24-15-7-5-14(6-8-15)22-16(23)21-10-9-12-3-2-4-13(11-12)17(18,19)20/h2-8,11H,9-10H2,1H3,(H2,21,22,23). The quantitative estimate of drug-likeness (QED) is 0.758. The first-order chi connectivity index (χ1) is 11.4. The van der Waals surface area contributed by atoms with Gasteiger partial charge in [-0.05, 0) is 48.6 Å². The van der Waals surface area contributed by atoms with E-state index in [2.05, 4.69) is 10.6 Å². The SMILES string of the molecule is CSc1ccc(NC(=O)NCCc2cccc(C(F)(F)F)c2)cc1. The summed E-state index contributed by atoms with van der Waals surface area (Å²) in [5.74, 6) is 0. The Morgan fingerprint density at radius 1 is 1.12 bits per heavy atom. The van der Waals surface area contributed by atoms with Crippen molar-refractivity contribution in [3.8, 4) is 0 Å². The van der Waals surface area contributed by atoms with Crippen LogP contribution in [0.2, 0.25) is 0 Å². The van der Waals surface area contributed by atoms with E-state index in [9.17, 15) is 18.0 Å². The summed E-state index contributed by atoms with van der Waals surface area (Å²) in [5, 5.41) is 5.31. The number of nitrogens with one attached hydrogen (secondary N) is 2. The number of alkyl halides is 3. The second-order valence-electron chi connectivity index (χ2n) is 5.06. The van der Waals surface area contributed by atoms with Gasteiger partial charge < -0.3 is 10.6 Å². The molecule has 0 heterocycles. The summed E-state index contributed by atoms with van der Waals surface area (Å²) in [4.78, 5) is 12.9. The predicted molar refractivity (Wildman–Crippen MR) is 90.4 cm³/mol. The fourth-order valence-corrected chi connectivity index (χ4v) is 2.48. The summed E-state index contributed by atoms with van der Waals surface area (Å²) in [7, 11) is 0. The van der Waals surface area contributed by atoms with Crippen molar-refractivity contribution in [1.29, 1.82) is 0 Å². The number of carbonyl (C=O) groups is 1. The van der Waals surface area contributed by atoms with E-state index in [1.807, 2.05) is 18.4 Å². The third-order valence-corrected chi connectivity index (χ3v) is 4.04. The number of hydrogen-bond donors (Lipinski definition) is 2. The van der Waals surface area contributed by atoms with Crippen LogP contribution in [0.5, 0.6) is 0 Å². The van der Waals surface area contributed by atoms with Crippen LogP contribution < -0.4 is 10.6 Å². The number of carbonyl (C=O) groups excluding carboxylic acids is 1. The minimum absolute atomic E-state index is 0.246. The highest BCUT2D eigenvalue weighted by Gasteiger charge is 2.30. The maximum atomic E-state index is 12.6. The van der Waals surface area contributed by atoms with Crippen LogP contribution in [0.3, 0.4) is 0 Å². The van der Waals surface area contributed by atoms with Gasteiger partial charge in [0.15, 0.2) is 0 Å². The summed E-state index contributed by atoms with van der Waals surface area (Å²) in [6.07, 6.45) is -2.07. The molecule has 2 aromatic rings. The Morgan fingerprint density at radius 2 is 1.83 bits per heavy atom. The van der Waals surface area contributed by atoms with E-state index in [0.29, 0.717) is 17.7 Å². The zero-order valence-electron chi connectivity index (χ0n) is 13.0. The molecule has 0 aromatic heterocycles. The molecule has 0 spiro atoms. The van der Waals surface area contributed by atoms with Crippen molar-refractivity contribution in [1.82, 2.24) is 5.32 Å². The number of amides is 2. The minimum Gasteiger partial charge on any atom is -0.338 e. The van der Waals surface area contributed by atoms with Crippen molar-refractivity contribution >= 4 is 23.5 Å². The number of benzene rings is 2. The average Bonchev–Trinajstić information content (AvgIpc) is 2.55. The van der Waals surface area contributed by atoms with E-state index >= 15 is 0 Å². The van der Waals surface area contributed by atoms with Gasteiger partial charge in [-0.2, -0.15) is 13.2 Å². The molecule has 0 atom stereocenters. The van der Waals surface area contributed by atoms with E-state index < -0.39 is 11.7 Å². The second kappa shape index (κ2) is 8.10.